The van der Waals surface area contributed by atoms with Gasteiger partial charge >= 0.3 is 5.97 Å². The Balaban J connectivity index is 1.79. The van der Waals surface area contributed by atoms with E-state index in [1.54, 1.807) is 12.0 Å². The highest BCUT2D eigenvalue weighted by atomic mass is 16.5. The van der Waals surface area contributed by atoms with Crippen LogP contribution in [0.1, 0.15) is 18.4 Å². The van der Waals surface area contributed by atoms with Gasteiger partial charge in [-0.1, -0.05) is 12.1 Å². The lowest BCUT2D eigenvalue weighted by Gasteiger charge is -2.37. The molecule has 1 saturated heterocycles. The number of ether oxygens (including phenoxy) is 2. The number of nitrogens with zero attached hydrogens (tertiary/aromatic N) is 1. The highest BCUT2D eigenvalue weighted by molar-refractivity contribution is 5.93. The molecule has 3 rings (SSSR count). The van der Waals surface area contributed by atoms with E-state index in [2.05, 4.69) is 5.32 Å². The molecule has 0 unspecified atom stereocenters. The van der Waals surface area contributed by atoms with Crippen molar-refractivity contribution in [3.8, 4) is 5.75 Å². The van der Waals surface area contributed by atoms with Crippen molar-refractivity contribution in [3.05, 3.63) is 29.8 Å². The Morgan fingerprint density at radius 2 is 2.00 bits per heavy atom. The molecule has 23 heavy (non-hydrogen) atoms. The first-order valence-corrected chi connectivity index (χ1v) is 7.86. The normalized spacial score (nSPS) is 20.3. The van der Waals surface area contributed by atoms with Gasteiger partial charge in [0.1, 0.15) is 11.8 Å². The first-order chi connectivity index (χ1) is 11.1. The minimum atomic E-state index is -0.583. The molecule has 1 saturated carbocycles. The predicted molar refractivity (Wildman–Crippen MR) is 84.2 cm³/mol. The van der Waals surface area contributed by atoms with E-state index < -0.39 is 11.6 Å². The van der Waals surface area contributed by atoms with Crippen LogP contribution in [0.15, 0.2) is 24.3 Å². The van der Waals surface area contributed by atoms with Gasteiger partial charge in [-0.15, -0.1) is 0 Å². The summed E-state index contributed by atoms with van der Waals surface area (Å²) in [5.74, 6) is 0.415. The number of hydrogen-bond donors (Lipinski definition) is 1. The maximum absolute atomic E-state index is 12.7. The maximum Gasteiger partial charge on any atom is 0.328 e. The quantitative estimate of drug-likeness (QED) is 0.811. The van der Waals surface area contributed by atoms with E-state index in [0.717, 1.165) is 24.2 Å². The van der Waals surface area contributed by atoms with Crippen LogP contribution >= 0.6 is 0 Å². The van der Waals surface area contributed by atoms with Gasteiger partial charge in [0.15, 0.2) is 0 Å². The average molecular weight is 318 g/mol. The molecule has 1 aromatic rings. The van der Waals surface area contributed by atoms with Crippen LogP contribution in [-0.4, -0.2) is 55.7 Å². The zero-order valence-electron chi connectivity index (χ0n) is 13.5. The second-order valence-corrected chi connectivity index (χ2v) is 6.10. The van der Waals surface area contributed by atoms with Crippen LogP contribution in [0.5, 0.6) is 5.75 Å². The number of benzene rings is 1. The van der Waals surface area contributed by atoms with Gasteiger partial charge in [-0.3, -0.25) is 4.79 Å². The van der Waals surface area contributed by atoms with Crippen molar-refractivity contribution in [1.82, 2.24) is 10.2 Å². The number of methoxy groups -OCH3 is 2. The number of rotatable bonds is 5. The third kappa shape index (κ3) is 3.03. The maximum atomic E-state index is 12.7. The van der Waals surface area contributed by atoms with Gasteiger partial charge in [0.25, 0.3) is 0 Å². The van der Waals surface area contributed by atoms with E-state index in [1.807, 2.05) is 24.3 Å². The molecule has 0 bridgehead atoms. The fraction of sp³-hybridized carbons (Fsp3) is 0.529. The fourth-order valence-electron chi connectivity index (χ4n) is 3.12. The molecule has 1 atom stereocenters. The van der Waals surface area contributed by atoms with E-state index in [9.17, 15) is 9.59 Å². The van der Waals surface area contributed by atoms with Crippen LogP contribution in [0.2, 0.25) is 0 Å². The van der Waals surface area contributed by atoms with E-state index in [0.29, 0.717) is 19.5 Å². The first kappa shape index (κ1) is 15.8. The lowest BCUT2D eigenvalue weighted by molar-refractivity contribution is -0.155. The van der Waals surface area contributed by atoms with E-state index >= 15 is 0 Å². The molecule has 1 N–H and O–H groups in total. The molecule has 1 aliphatic carbocycles. The van der Waals surface area contributed by atoms with Crippen LogP contribution < -0.4 is 10.1 Å². The summed E-state index contributed by atoms with van der Waals surface area (Å²) in [4.78, 5) is 26.6. The molecule has 1 heterocycles. The summed E-state index contributed by atoms with van der Waals surface area (Å²) < 4.78 is 10.1. The van der Waals surface area contributed by atoms with Gasteiger partial charge in [-0.05, 0) is 30.5 Å². The topological polar surface area (TPSA) is 67.9 Å². The lowest BCUT2D eigenvalue weighted by Crippen LogP contribution is -2.61. The predicted octanol–water partition coefficient (Wildman–Crippen LogP) is 0.744. The van der Waals surface area contributed by atoms with E-state index in [-0.39, 0.29) is 11.9 Å². The zero-order valence-corrected chi connectivity index (χ0v) is 13.5. The average Bonchev–Trinajstić information content (AvgIpc) is 3.36. The molecule has 6 nitrogen and oxygen atoms in total. The Hall–Kier alpha value is -2.08. The zero-order chi connectivity index (χ0) is 16.4. The highest BCUT2D eigenvalue weighted by Crippen LogP contribution is 2.39. The van der Waals surface area contributed by atoms with Crippen molar-refractivity contribution in [2.45, 2.75) is 30.8 Å². The van der Waals surface area contributed by atoms with Crippen molar-refractivity contribution >= 4 is 11.9 Å². The van der Waals surface area contributed by atoms with Crippen LogP contribution in [0, 0.1) is 0 Å². The summed E-state index contributed by atoms with van der Waals surface area (Å²) in [6.07, 6.45) is 2.13. The molecule has 2 aliphatic rings. The fourth-order valence-corrected chi connectivity index (χ4v) is 3.12. The Bertz CT molecular complexity index is 595. The summed E-state index contributed by atoms with van der Waals surface area (Å²) in [5, 5.41) is 3.28. The number of hydrogen-bond acceptors (Lipinski definition) is 5. The molecular weight excluding hydrogens is 296 g/mol. The molecule has 1 spiro atoms. The van der Waals surface area contributed by atoms with Crippen LogP contribution in [0.3, 0.4) is 0 Å². The van der Waals surface area contributed by atoms with E-state index in [1.165, 1.54) is 7.11 Å². The second-order valence-electron chi connectivity index (χ2n) is 6.10. The molecule has 2 fully saturated rings. The van der Waals surface area contributed by atoms with Gasteiger partial charge in [-0.25, -0.2) is 4.79 Å². The van der Waals surface area contributed by atoms with Gasteiger partial charge in [-0.2, -0.15) is 0 Å². The molecule has 0 radical (unpaired) electrons. The van der Waals surface area contributed by atoms with Crippen LogP contribution in [-0.2, 0) is 20.7 Å². The number of esters is 1. The largest absolute Gasteiger partial charge is 0.497 e. The first-order valence-electron chi connectivity index (χ1n) is 7.86. The molecular formula is C17H22N2O4. The van der Waals surface area contributed by atoms with Crippen molar-refractivity contribution < 1.29 is 19.1 Å². The standard InChI is InChI=1S/C17H22N2O4/c1-22-13-5-3-12(4-6-13)11-14(15(20)23-2)19-10-9-18-17(7-8-17)16(19)21/h3-6,14,18H,7-11H2,1-2H3/t14-/m0/s1. The summed E-state index contributed by atoms with van der Waals surface area (Å²) in [6.45, 7) is 1.23. The van der Waals surface area contributed by atoms with Crippen molar-refractivity contribution in [2.24, 2.45) is 0 Å². The summed E-state index contributed by atoms with van der Waals surface area (Å²) in [7, 11) is 2.98. The molecule has 0 aromatic heterocycles. The SMILES string of the molecule is COC(=O)[C@H](Cc1ccc(OC)cc1)N1CCNC2(CC2)C1=O. The summed E-state index contributed by atoms with van der Waals surface area (Å²) in [6, 6.07) is 6.94. The monoisotopic (exact) mass is 318 g/mol. The number of carbonyl (C=O) groups excluding carboxylic acids is 2. The number of carbonyl (C=O) groups is 2. The van der Waals surface area contributed by atoms with Gasteiger partial charge in [0.05, 0.1) is 19.8 Å². The van der Waals surface area contributed by atoms with Crippen LogP contribution in [0.4, 0.5) is 0 Å². The van der Waals surface area contributed by atoms with Gasteiger partial charge in [0, 0.05) is 19.5 Å². The Labute approximate surface area is 135 Å². The van der Waals surface area contributed by atoms with Crippen molar-refractivity contribution in [1.29, 1.82) is 0 Å². The minimum absolute atomic E-state index is 0.0210. The summed E-state index contributed by atoms with van der Waals surface area (Å²) >= 11 is 0. The molecule has 1 amide bonds. The lowest BCUT2D eigenvalue weighted by atomic mass is 10.0. The number of nitrogens with one attached hydrogen (secondary N) is 1. The molecule has 1 aromatic carbocycles. The Morgan fingerprint density at radius 3 is 2.57 bits per heavy atom. The Kier molecular flexibility index (Phi) is 4.26. The van der Waals surface area contributed by atoms with Crippen molar-refractivity contribution in [3.63, 3.8) is 0 Å². The molecule has 1 aliphatic heterocycles. The molecule has 124 valence electrons. The van der Waals surface area contributed by atoms with Crippen LogP contribution in [0.25, 0.3) is 0 Å². The highest BCUT2D eigenvalue weighted by Gasteiger charge is 2.55. The van der Waals surface area contributed by atoms with Crippen molar-refractivity contribution in [2.75, 3.05) is 27.3 Å². The third-order valence-corrected chi connectivity index (χ3v) is 4.67. The smallest absolute Gasteiger partial charge is 0.328 e. The van der Waals surface area contributed by atoms with Gasteiger partial charge in [0.2, 0.25) is 5.91 Å². The van der Waals surface area contributed by atoms with E-state index in [4.69, 9.17) is 9.47 Å². The Morgan fingerprint density at radius 1 is 1.30 bits per heavy atom. The second kappa shape index (κ2) is 6.20. The number of piperazine rings is 1. The summed E-state index contributed by atoms with van der Waals surface area (Å²) in [5.41, 5.74) is 0.544. The third-order valence-electron chi connectivity index (χ3n) is 4.67. The van der Waals surface area contributed by atoms with Gasteiger partial charge < -0.3 is 19.7 Å². The minimum Gasteiger partial charge on any atom is -0.497 e. The number of amides is 1. The molecule has 6 heteroatoms.